The molecule has 0 saturated carbocycles. The van der Waals surface area contributed by atoms with Gasteiger partial charge in [-0.25, -0.2) is 8.42 Å². The molecule has 0 bridgehead atoms. The second kappa shape index (κ2) is 14.7. The van der Waals surface area contributed by atoms with Gasteiger partial charge >= 0.3 is 0 Å². The van der Waals surface area contributed by atoms with E-state index in [2.05, 4.69) is 19.2 Å². The molecular formula is C32H41N3O5S. The van der Waals surface area contributed by atoms with Gasteiger partial charge in [0.05, 0.1) is 19.1 Å². The van der Waals surface area contributed by atoms with Crippen LogP contribution in [0.3, 0.4) is 0 Å². The van der Waals surface area contributed by atoms with E-state index < -0.39 is 28.5 Å². The maximum Gasteiger partial charge on any atom is 0.244 e. The second-order valence-electron chi connectivity index (χ2n) is 10.4. The monoisotopic (exact) mass is 579 g/mol. The Morgan fingerprint density at radius 2 is 1.59 bits per heavy atom. The summed E-state index contributed by atoms with van der Waals surface area (Å²) < 4.78 is 32.4. The molecule has 0 aliphatic carbocycles. The van der Waals surface area contributed by atoms with Crippen LogP contribution in [0.5, 0.6) is 5.75 Å². The average Bonchev–Trinajstić information content (AvgIpc) is 2.96. The van der Waals surface area contributed by atoms with E-state index in [1.54, 1.807) is 25.3 Å². The van der Waals surface area contributed by atoms with Crippen LogP contribution < -0.4 is 14.4 Å². The molecule has 0 spiro atoms. The van der Waals surface area contributed by atoms with Crippen LogP contribution in [-0.4, -0.2) is 57.6 Å². The zero-order valence-electron chi connectivity index (χ0n) is 24.5. The van der Waals surface area contributed by atoms with Crippen LogP contribution in [0.2, 0.25) is 0 Å². The van der Waals surface area contributed by atoms with Crippen LogP contribution >= 0.6 is 0 Å². The first kappa shape index (κ1) is 31.7. The SMILES string of the molecule is CCCNC(=O)[C@@H](Cc1ccccc1)N(Cc1cccc(OC)c1)C(=O)CN(c1ccc(C(C)C)cc1)S(C)(=O)=O. The molecule has 1 atom stereocenters. The number of sulfonamides is 1. The van der Waals surface area contributed by atoms with Gasteiger partial charge in [-0.1, -0.05) is 75.4 Å². The minimum absolute atomic E-state index is 0.0942. The Morgan fingerprint density at radius 3 is 2.17 bits per heavy atom. The third kappa shape index (κ3) is 9.08. The highest BCUT2D eigenvalue weighted by Crippen LogP contribution is 2.24. The molecule has 3 aromatic carbocycles. The lowest BCUT2D eigenvalue weighted by molar-refractivity contribution is -0.140. The van der Waals surface area contributed by atoms with E-state index in [0.29, 0.717) is 18.0 Å². The van der Waals surface area contributed by atoms with Crippen molar-refractivity contribution in [2.24, 2.45) is 0 Å². The summed E-state index contributed by atoms with van der Waals surface area (Å²) in [7, 11) is -2.25. The minimum Gasteiger partial charge on any atom is -0.497 e. The van der Waals surface area contributed by atoms with Crippen LogP contribution in [0.25, 0.3) is 0 Å². The largest absolute Gasteiger partial charge is 0.497 e. The van der Waals surface area contributed by atoms with Crippen LogP contribution in [0.1, 0.15) is 49.8 Å². The van der Waals surface area contributed by atoms with Crippen molar-refractivity contribution in [2.75, 3.05) is 30.8 Å². The maximum atomic E-state index is 14.1. The van der Waals surface area contributed by atoms with Gasteiger partial charge in [-0.3, -0.25) is 13.9 Å². The number of nitrogens with one attached hydrogen (secondary N) is 1. The molecule has 0 heterocycles. The summed E-state index contributed by atoms with van der Waals surface area (Å²) in [5, 5.41) is 2.94. The van der Waals surface area contributed by atoms with Crippen molar-refractivity contribution in [2.45, 2.75) is 52.1 Å². The maximum absolute atomic E-state index is 14.1. The van der Waals surface area contributed by atoms with E-state index in [9.17, 15) is 18.0 Å². The Balaban J connectivity index is 2.04. The van der Waals surface area contributed by atoms with Gasteiger partial charge in [0, 0.05) is 19.5 Å². The van der Waals surface area contributed by atoms with Crippen LogP contribution in [-0.2, 0) is 32.6 Å². The van der Waals surface area contributed by atoms with Gasteiger partial charge in [0.2, 0.25) is 21.8 Å². The fourth-order valence-corrected chi connectivity index (χ4v) is 5.38. The summed E-state index contributed by atoms with van der Waals surface area (Å²) in [5.74, 6) is 0.113. The number of hydrogen-bond donors (Lipinski definition) is 1. The van der Waals surface area contributed by atoms with Crippen molar-refractivity contribution in [1.29, 1.82) is 0 Å². The van der Waals surface area contributed by atoms with Gasteiger partial charge in [0.15, 0.2) is 0 Å². The van der Waals surface area contributed by atoms with Crippen molar-refractivity contribution < 1.29 is 22.7 Å². The molecule has 0 aliphatic rings. The second-order valence-corrected chi connectivity index (χ2v) is 12.3. The lowest BCUT2D eigenvalue weighted by Crippen LogP contribution is -2.53. The van der Waals surface area contributed by atoms with Gasteiger partial charge in [-0.05, 0) is 53.3 Å². The molecule has 41 heavy (non-hydrogen) atoms. The number of methoxy groups -OCH3 is 1. The number of benzene rings is 3. The number of hydrogen-bond acceptors (Lipinski definition) is 5. The lowest BCUT2D eigenvalue weighted by atomic mass is 10.0. The summed E-state index contributed by atoms with van der Waals surface area (Å²) in [6.45, 7) is 6.18. The van der Waals surface area contributed by atoms with E-state index in [-0.39, 0.29) is 24.8 Å². The number of rotatable bonds is 14. The average molecular weight is 580 g/mol. The van der Waals surface area contributed by atoms with Crippen molar-refractivity contribution in [1.82, 2.24) is 10.2 Å². The predicted molar refractivity (Wildman–Crippen MR) is 163 cm³/mol. The molecular weight excluding hydrogens is 538 g/mol. The van der Waals surface area contributed by atoms with E-state index in [1.807, 2.05) is 67.6 Å². The first-order valence-electron chi connectivity index (χ1n) is 13.8. The molecule has 2 amide bonds. The Labute approximate surface area is 244 Å². The molecule has 0 unspecified atom stereocenters. The molecule has 3 aromatic rings. The van der Waals surface area contributed by atoms with E-state index in [4.69, 9.17) is 4.74 Å². The third-order valence-electron chi connectivity index (χ3n) is 6.83. The van der Waals surface area contributed by atoms with Crippen molar-refractivity contribution in [3.05, 3.63) is 95.6 Å². The summed E-state index contributed by atoms with van der Waals surface area (Å²) in [4.78, 5) is 29.2. The van der Waals surface area contributed by atoms with Gasteiger partial charge in [-0.2, -0.15) is 0 Å². The predicted octanol–water partition coefficient (Wildman–Crippen LogP) is 4.75. The Hall–Kier alpha value is -3.85. The van der Waals surface area contributed by atoms with Crippen LogP contribution in [0.4, 0.5) is 5.69 Å². The quantitative estimate of drug-likeness (QED) is 0.297. The smallest absolute Gasteiger partial charge is 0.244 e. The van der Waals surface area contributed by atoms with Crippen LogP contribution in [0, 0.1) is 0 Å². The van der Waals surface area contributed by atoms with E-state index in [0.717, 1.165) is 33.7 Å². The highest BCUT2D eigenvalue weighted by atomic mass is 32.2. The highest BCUT2D eigenvalue weighted by molar-refractivity contribution is 7.92. The molecule has 9 heteroatoms. The first-order chi connectivity index (χ1) is 19.5. The lowest BCUT2D eigenvalue weighted by Gasteiger charge is -2.33. The number of nitrogens with zero attached hydrogens (tertiary/aromatic N) is 2. The normalized spacial score (nSPS) is 12.0. The number of anilines is 1. The third-order valence-corrected chi connectivity index (χ3v) is 7.97. The molecule has 1 N–H and O–H groups in total. The summed E-state index contributed by atoms with van der Waals surface area (Å²) in [6.07, 6.45) is 2.09. The van der Waals surface area contributed by atoms with Gasteiger partial charge < -0.3 is 15.0 Å². The van der Waals surface area contributed by atoms with E-state index >= 15 is 0 Å². The summed E-state index contributed by atoms with van der Waals surface area (Å²) in [5.41, 5.74) is 3.09. The Bertz CT molecular complexity index is 1390. The molecule has 0 radical (unpaired) electrons. The van der Waals surface area contributed by atoms with Gasteiger partial charge in [0.25, 0.3) is 0 Å². The molecule has 3 rings (SSSR count). The van der Waals surface area contributed by atoms with Crippen LogP contribution in [0.15, 0.2) is 78.9 Å². The zero-order valence-corrected chi connectivity index (χ0v) is 25.4. The van der Waals surface area contributed by atoms with Gasteiger partial charge in [0.1, 0.15) is 18.3 Å². The van der Waals surface area contributed by atoms with Crippen molar-refractivity contribution >= 4 is 27.5 Å². The topological polar surface area (TPSA) is 96.0 Å². The Morgan fingerprint density at radius 1 is 0.927 bits per heavy atom. The number of amides is 2. The Kier molecular flexibility index (Phi) is 11.3. The molecule has 0 saturated heterocycles. The number of ether oxygens (including phenoxy) is 1. The summed E-state index contributed by atoms with van der Waals surface area (Å²) >= 11 is 0. The zero-order chi connectivity index (χ0) is 30.0. The molecule has 8 nitrogen and oxygen atoms in total. The van der Waals surface area contributed by atoms with Crippen molar-refractivity contribution in [3.63, 3.8) is 0 Å². The minimum atomic E-state index is -3.82. The first-order valence-corrected chi connectivity index (χ1v) is 15.7. The van der Waals surface area contributed by atoms with Gasteiger partial charge in [-0.15, -0.1) is 0 Å². The molecule has 0 aromatic heterocycles. The number of carbonyl (C=O) groups is 2. The van der Waals surface area contributed by atoms with E-state index in [1.165, 1.54) is 4.90 Å². The standard InChI is InChI=1S/C32H41N3O5S/c1-6-19-33-32(37)30(21-25-11-8-7-9-12-25)34(22-26-13-10-14-29(20-26)40-4)31(36)23-35(41(5,38)39)28-17-15-27(16-18-28)24(2)3/h7-18,20,24,30H,6,19,21-23H2,1-5H3,(H,33,37)/t30-/m1/s1. The molecule has 0 fully saturated rings. The van der Waals surface area contributed by atoms with Crippen molar-refractivity contribution in [3.8, 4) is 5.75 Å². The number of carbonyl (C=O) groups excluding carboxylic acids is 2. The molecule has 0 aliphatic heterocycles. The highest BCUT2D eigenvalue weighted by Gasteiger charge is 2.33. The fraction of sp³-hybridized carbons (Fsp3) is 0.375. The summed E-state index contributed by atoms with van der Waals surface area (Å²) in [6, 6.07) is 23.1. The molecule has 220 valence electrons. The fourth-order valence-electron chi connectivity index (χ4n) is 4.53.